The van der Waals surface area contributed by atoms with Gasteiger partial charge >= 0.3 is 6.36 Å². The minimum Gasteiger partial charge on any atom is -0.406 e. The second-order valence-electron chi connectivity index (χ2n) is 6.24. The van der Waals surface area contributed by atoms with Gasteiger partial charge in [-0.25, -0.2) is 8.42 Å². The van der Waals surface area contributed by atoms with Gasteiger partial charge in [0.05, 0.1) is 4.90 Å². The Labute approximate surface area is 160 Å². The van der Waals surface area contributed by atoms with Crippen molar-refractivity contribution in [3.05, 3.63) is 54.1 Å². The molecule has 1 aliphatic rings. The minimum absolute atomic E-state index is 0.0622. The Hall–Kier alpha value is -2.75. The highest BCUT2D eigenvalue weighted by atomic mass is 32.2. The number of carbonyl (C=O) groups excluding carboxylic acids is 1. The summed E-state index contributed by atoms with van der Waals surface area (Å²) in [5.74, 6) is -0.448. The Balaban J connectivity index is 1.71. The van der Waals surface area contributed by atoms with Crippen molar-refractivity contribution in [1.29, 1.82) is 0 Å². The number of ether oxygens (including phenoxy) is 1. The van der Waals surface area contributed by atoms with E-state index in [2.05, 4.69) is 9.46 Å². The summed E-state index contributed by atoms with van der Waals surface area (Å²) >= 11 is 0. The molecule has 0 spiro atoms. The van der Waals surface area contributed by atoms with Gasteiger partial charge in [-0.2, -0.15) is 0 Å². The molecule has 2 aromatic rings. The van der Waals surface area contributed by atoms with Crippen molar-refractivity contribution in [2.24, 2.45) is 0 Å². The summed E-state index contributed by atoms with van der Waals surface area (Å²) in [6.07, 6.45) is -3.53. The normalized spacial score (nSPS) is 15.0. The van der Waals surface area contributed by atoms with Gasteiger partial charge in [0.1, 0.15) is 5.75 Å². The Kier molecular flexibility index (Phi) is 5.50. The summed E-state index contributed by atoms with van der Waals surface area (Å²) in [7, 11) is -4.00. The van der Waals surface area contributed by atoms with Crippen molar-refractivity contribution >= 4 is 21.6 Å². The summed E-state index contributed by atoms with van der Waals surface area (Å²) in [5.41, 5.74) is 1.06. The third kappa shape index (κ3) is 5.16. The molecule has 1 saturated heterocycles. The van der Waals surface area contributed by atoms with Crippen molar-refractivity contribution in [3.63, 3.8) is 0 Å². The molecule has 2 aromatic carbocycles. The number of alkyl halides is 3. The second kappa shape index (κ2) is 7.70. The average Bonchev–Trinajstić information content (AvgIpc) is 2.99. The van der Waals surface area contributed by atoms with E-state index in [-0.39, 0.29) is 10.8 Å². The van der Waals surface area contributed by atoms with Gasteiger partial charge in [0.25, 0.3) is 10.0 Å². The lowest BCUT2D eigenvalue weighted by atomic mass is 10.2. The summed E-state index contributed by atoms with van der Waals surface area (Å²) < 4.78 is 67.6. The molecular weight excluding hydrogens is 397 g/mol. The van der Waals surface area contributed by atoms with Crippen LogP contribution in [0.15, 0.2) is 53.4 Å². The number of hydrogen-bond donors (Lipinski definition) is 1. The molecule has 6 nitrogen and oxygen atoms in total. The van der Waals surface area contributed by atoms with E-state index in [1.165, 1.54) is 0 Å². The van der Waals surface area contributed by atoms with Gasteiger partial charge in [0, 0.05) is 25.2 Å². The molecule has 0 bridgehead atoms. The molecule has 1 N–H and O–H groups in total. The summed E-state index contributed by atoms with van der Waals surface area (Å²) in [5, 5.41) is 0. The first kappa shape index (κ1) is 20.0. The Bertz CT molecular complexity index is 960. The van der Waals surface area contributed by atoms with E-state index in [9.17, 15) is 26.4 Å². The maximum absolute atomic E-state index is 12.5. The Morgan fingerprint density at radius 2 is 1.82 bits per heavy atom. The lowest BCUT2D eigenvalue weighted by Crippen LogP contribution is -2.23. The van der Waals surface area contributed by atoms with E-state index in [1.807, 2.05) is 0 Å². The van der Waals surface area contributed by atoms with Gasteiger partial charge in [-0.1, -0.05) is 12.1 Å². The van der Waals surface area contributed by atoms with Crippen LogP contribution in [0, 0.1) is 0 Å². The molecule has 1 aliphatic heterocycles. The number of sulfonamides is 1. The van der Waals surface area contributed by atoms with Gasteiger partial charge in [-0.15, -0.1) is 13.2 Å². The van der Waals surface area contributed by atoms with Gasteiger partial charge < -0.3 is 9.64 Å². The molecule has 1 amide bonds. The van der Waals surface area contributed by atoms with E-state index in [0.29, 0.717) is 25.2 Å². The van der Waals surface area contributed by atoms with Crippen LogP contribution in [0.25, 0.3) is 0 Å². The number of halogens is 3. The SMILES string of the molecule is O=C1CCCN1Cc1cccc(NS(=O)(=O)c2ccc(OC(F)(F)F)cc2)c1. The lowest BCUT2D eigenvalue weighted by molar-refractivity contribution is -0.274. The number of likely N-dealkylation sites (tertiary alicyclic amines) is 1. The number of benzene rings is 2. The number of rotatable bonds is 6. The number of nitrogens with zero attached hydrogens (tertiary/aromatic N) is 1. The monoisotopic (exact) mass is 414 g/mol. The first-order chi connectivity index (χ1) is 13.1. The number of anilines is 1. The van der Waals surface area contributed by atoms with Crippen LogP contribution in [0.3, 0.4) is 0 Å². The van der Waals surface area contributed by atoms with Gasteiger partial charge in [0.2, 0.25) is 5.91 Å². The Morgan fingerprint density at radius 3 is 2.43 bits per heavy atom. The van der Waals surface area contributed by atoms with E-state index in [1.54, 1.807) is 29.2 Å². The lowest BCUT2D eigenvalue weighted by Gasteiger charge is -2.16. The van der Waals surface area contributed by atoms with Gasteiger partial charge in [-0.05, 0) is 48.4 Å². The molecule has 0 saturated carbocycles. The van der Waals surface area contributed by atoms with Crippen molar-refractivity contribution in [2.75, 3.05) is 11.3 Å². The minimum atomic E-state index is -4.85. The van der Waals surface area contributed by atoms with Crippen LogP contribution in [-0.2, 0) is 21.4 Å². The maximum atomic E-state index is 12.5. The summed E-state index contributed by atoms with van der Waals surface area (Å²) in [4.78, 5) is 13.2. The van der Waals surface area contributed by atoms with Crippen LogP contribution in [-0.4, -0.2) is 32.1 Å². The van der Waals surface area contributed by atoms with E-state index in [4.69, 9.17) is 0 Å². The molecule has 1 heterocycles. The topological polar surface area (TPSA) is 75.7 Å². The molecule has 1 fully saturated rings. The standard InChI is InChI=1S/C18H17F3N2O4S/c19-18(20,21)27-15-6-8-16(9-7-15)28(25,26)22-14-4-1-3-13(11-14)12-23-10-2-5-17(23)24/h1,3-4,6-9,11,22H,2,5,10,12H2. The van der Waals surface area contributed by atoms with E-state index >= 15 is 0 Å². The van der Waals surface area contributed by atoms with Crippen LogP contribution in [0.4, 0.5) is 18.9 Å². The molecule has 0 aromatic heterocycles. The number of nitrogens with one attached hydrogen (secondary N) is 1. The molecule has 150 valence electrons. The quantitative estimate of drug-likeness (QED) is 0.785. The first-order valence-corrected chi connectivity index (χ1v) is 9.86. The first-order valence-electron chi connectivity index (χ1n) is 8.38. The van der Waals surface area contributed by atoms with Gasteiger partial charge in [-0.3, -0.25) is 9.52 Å². The summed E-state index contributed by atoms with van der Waals surface area (Å²) in [6.45, 7) is 1.05. The second-order valence-corrected chi connectivity index (χ2v) is 7.93. The highest BCUT2D eigenvalue weighted by Gasteiger charge is 2.31. The third-order valence-corrected chi connectivity index (χ3v) is 5.49. The third-order valence-electron chi connectivity index (χ3n) is 4.09. The zero-order chi connectivity index (χ0) is 20.4. The van der Waals surface area contributed by atoms with Crippen molar-refractivity contribution in [3.8, 4) is 5.75 Å². The molecule has 10 heteroatoms. The van der Waals surface area contributed by atoms with Crippen LogP contribution >= 0.6 is 0 Å². The molecule has 0 radical (unpaired) electrons. The predicted octanol–water partition coefficient (Wildman–Crippen LogP) is 3.51. The largest absolute Gasteiger partial charge is 0.573 e. The smallest absolute Gasteiger partial charge is 0.406 e. The fraction of sp³-hybridized carbons (Fsp3) is 0.278. The Morgan fingerprint density at radius 1 is 1.11 bits per heavy atom. The average molecular weight is 414 g/mol. The molecule has 0 aliphatic carbocycles. The maximum Gasteiger partial charge on any atom is 0.573 e. The fourth-order valence-corrected chi connectivity index (χ4v) is 3.91. The number of carbonyl (C=O) groups is 1. The van der Waals surface area contributed by atoms with Crippen LogP contribution in [0.2, 0.25) is 0 Å². The van der Waals surface area contributed by atoms with Gasteiger partial charge in [0.15, 0.2) is 0 Å². The number of amides is 1. The van der Waals surface area contributed by atoms with E-state index in [0.717, 1.165) is 36.2 Å². The molecule has 0 atom stereocenters. The van der Waals surface area contributed by atoms with Crippen LogP contribution < -0.4 is 9.46 Å². The number of hydrogen-bond acceptors (Lipinski definition) is 4. The van der Waals surface area contributed by atoms with Crippen LogP contribution in [0.1, 0.15) is 18.4 Å². The molecule has 0 unspecified atom stereocenters. The molecule has 28 heavy (non-hydrogen) atoms. The molecule has 3 rings (SSSR count). The zero-order valence-electron chi connectivity index (χ0n) is 14.6. The van der Waals surface area contributed by atoms with Crippen molar-refractivity contribution < 1.29 is 31.1 Å². The molecular formula is C18H17F3N2O4S. The van der Waals surface area contributed by atoms with Crippen molar-refractivity contribution in [1.82, 2.24) is 4.90 Å². The van der Waals surface area contributed by atoms with Crippen molar-refractivity contribution in [2.45, 2.75) is 30.6 Å². The predicted molar refractivity (Wildman–Crippen MR) is 95.0 cm³/mol. The van der Waals surface area contributed by atoms with E-state index < -0.39 is 22.1 Å². The fourth-order valence-electron chi connectivity index (χ4n) is 2.86. The summed E-state index contributed by atoms with van der Waals surface area (Å²) in [6, 6.07) is 10.5. The van der Waals surface area contributed by atoms with Crippen LogP contribution in [0.5, 0.6) is 5.75 Å². The highest BCUT2D eigenvalue weighted by Crippen LogP contribution is 2.25. The zero-order valence-corrected chi connectivity index (χ0v) is 15.4. The highest BCUT2D eigenvalue weighted by molar-refractivity contribution is 7.92.